The highest BCUT2D eigenvalue weighted by atomic mass is 35.5. The lowest BCUT2D eigenvalue weighted by Gasteiger charge is -2.20. The zero-order valence-corrected chi connectivity index (χ0v) is 15.2. The van der Waals surface area contributed by atoms with Gasteiger partial charge in [-0.2, -0.15) is 0 Å². The fourth-order valence-electron chi connectivity index (χ4n) is 2.69. The Labute approximate surface area is 154 Å². The van der Waals surface area contributed by atoms with E-state index in [2.05, 4.69) is 28.4 Å². The number of nitrogens with zero attached hydrogens (tertiary/aromatic N) is 1. The van der Waals surface area contributed by atoms with Crippen molar-refractivity contribution in [2.75, 3.05) is 6.26 Å². The molecule has 1 aliphatic rings. The van der Waals surface area contributed by atoms with E-state index in [1.165, 1.54) is 4.90 Å². The smallest absolute Gasteiger partial charge is 0.205 e. The zero-order chi connectivity index (χ0) is 16.7. The number of thioether (sulfide) groups is 1. The summed E-state index contributed by atoms with van der Waals surface area (Å²) in [6.07, 6.45) is 2.72. The molecule has 2 heterocycles. The Morgan fingerprint density at radius 2 is 2.00 bits per heavy atom. The molecule has 4 rings (SSSR count). The molecule has 120 valence electrons. The maximum atomic E-state index is 6.07. The van der Waals surface area contributed by atoms with E-state index in [9.17, 15) is 0 Å². The summed E-state index contributed by atoms with van der Waals surface area (Å²) in [5.74, 6) is 2.17. The molecular weight excluding hydrogens is 360 g/mol. The predicted molar refractivity (Wildman–Crippen MR) is 101 cm³/mol. The molecule has 0 unspecified atom stereocenters. The van der Waals surface area contributed by atoms with Gasteiger partial charge in [0, 0.05) is 27.5 Å². The van der Waals surface area contributed by atoms with Crippen LogP contribution in [0.15, 0.2) is 47.4 Å². The van der Waals surface area contributed by atoms with Crippen molar-refractivity contribution in [3.63, 3.8) is 0 Å². The summed E-state index contributed by atoms with van der Waals surface area (Å²) < 4.78 is 6.55. The van der Waals surface area contributed by atoms with Crippen LogP contribution in [0.4, 0.5) is 0 Å². The number of rotatable bonds is 2. The number of hydrogen-bond acceptors (Lipinski definition) is 4. The van der Waals surface area contributed by atoms with E-state index < -0.39 is 0 Å². The number of H-pyrrole nitrogens is 1. The predicted octanol–water partition coefficient (Wildman–Crippen LogP) is 5.88. The van der Waals surface area contributed by atoms with Gasteiger partial charge in [-0.25, -0.2) is 4.98 Å². The summed E-state index contributed by atoms with van der Waals surface area (Å²) in [4.78, 5) is 9.03. The summed E-state index contributed by atoms with van der Waals surface area (Å²) in [5.41, 5.74) is 2.89. The van der Waals surface area contributed by atoms with E-state index in [1.54, 1.807) is 11.8 Å². The summed E-state index contributed by atoms with van der Waals surface area (Å²) in [6.45, 7) is 0. The van der Waals surface area contributed by atoms with E-state index in [4.69, 9.17) is 28.6 Å². The molecule has 0 fully saturated rings. The lowest BCUT2D eigenvalue weighted by molar-refractivity contribution is 0.439. The standard InChI is InChI=1S/C18H13ClN2OS2/c1-24-13-5-2-10(3-6-13)16-20-17-14(18(23)21-16)9-11-8-12(19)4-7-15(11)22-17/h2-8H,9H2,1H3,(H,20,21,23). The first-order valence-corrected chi connectivity index (χ1v) is 9.39. The van der Waals surface area contributed by atoms with Gasteiger partial charge < -0.3 is 9.72 Å². The van der Waals surface area contributed by atoms with Crippen LogP contribution in [0.1, 0.15) is 11.1 Å². The highest BCUT2D eigenvalue weighted by Crippen LogP contribution is 2.37. The van der Waals surface area contributed by atoms with Gasteiger partial charge in [-0.15, -0.1) is 11.8 Å². The van der Waals surface area contributed by atoms with Crippen LogP contribution < -0.4 is 4.74 Å². The number of fused-ring (bicyclic) bond motifs is 2. The first-order valence-electron chi connectivity index (χ1n) is 7.38. The van der Waals surface area contributed by atoms with E-state index in [1.807, 2.05) is 30.3 Å². The van der Waals surface area contributed by atoms with Crippen LogP contribution in [0.5, 0.6) is 11.6 Å². The molecule has 0 aliphatic carbocycles. The maximum absolute atomic E-state index is 6.07. The summed E-state index contributed by atoms with van der Waals surface area (Å²) >= 11 is 13.3. The van der Waals surface area contributed by atoms with Crippen LogP contribution in [0.2, 0.25) is 5.02 Å². The van der Waals surface area contributed by atoms with Gasteiger partial charge in [0.05, 0.1) is 5.56 Å². The third-order valence-corrected chi connectivity index (χ3v) is 5.26. The van der Waals surface area contributed by atoms with Crippen molar-refractivity contribution in [3.8, 4) is 23.0 Å². The van der Waals surface area contributed by atoms with Crippen LogP contribution in [0.25, 0.3) is 11.4 Å². The lowest BCUT2D eigenvalue weighted by Crippen LogP contribution is -2.07. The summed E-state index contributed by atoms with van der Waals surface area (Å²) in [6, 6.07) is 13.8. The topological polar surface area (TPSA) is 37.9 Å². The average Bonchev–Trinajstić information content (AvgIpc) is 2.60. The largest absolute Gasteiger partial charge is 0.440 e. The number of benzene rings is 2. The van der Waals surface area contributed by atoms with Gasteiger partial charge in [0.15, 0.2) is 0 Å². The van der Waals surface area contributed by atoms with Crippen molar-refractivity contribution in [2.24, 2.45) is 0 Å². The third kappa shape index (κ3) is 2.83. The zero-order valence-electron chi connectivity index (χ0n) is 12.8. The van der Waals surface area contributed by atoms with Crippen molar-refractivity contribution in [1.82, 2.24) is 9.97 Å². The fourth-order valence-corrected chi connectivity index (χ4v) is 3.55. The van der Waals surface area contributed by atoms with Gasteiger partial charge in [0.1, 0.15) is 16.2 Å². The molecule has 6 heteroatoms. The molecular formula is C18H13ClN2OS2. The SMILES string of the molecule is CSc1ccc(-c2nc(=S)c3c([nH]2)Oc2ccc(Cl)cc2C3)cc1. The van der Waals surface area contributed by atoms with Crippen LogP contribution in [0.3, 0.4) is 0 Å². The highest BCUT2D eigenvalue weighted by Gasteiger charge is 2.20. The van der Waals surface area contributed by atoms with Gasteiger partial charge in [-0.05, 0) is 36.6 Å². The molecule has 2 aromatic carbocycles. The molecule has 0 bridgehead atoms. The normalized spacial score (nSPS) is 12.2. The minimum absolute atomic E-state index is 0.554. The van der Waals surface area contributed by atoms with Gasteiger partial charge in [0.25, 0.3) is 0 Å². The third-order valence-electron chi connectivity index (χ3n) is 3.94. The number of hydrogen-bond donors (Lipinski definition) is 1. The van der Waals surface area contributed by atoms with E-state index in [-0.39, 0.29) is 0 Å². The van der Waals surface area contributed by atoms with E-state index >= 15 is 0 Å². The number of nitrogens with one attached hydrogen (secondary N) is 1. The second kappa shape index (κ2) is 6.24. The molecule has 1 aliphatic heterocycles. The minimum Gasteiger partial charge on any atom is -0.440 e. The highest BCUT2D eigenvalue weighted by molar-refractivity contribution is 7.98. The van der Waals surface area contributed by atoms with Crippen LogP contribution in [-0.2, 0) is 6.42 Å². The molecule has 1 aromatic heterocycles. The van der Waals surface area contributed by atoms with E-state index in [0.717, 1.165) is 22.4 Å². The Morgan fingerprint density at radius 1 is 1.21 bits per heavy atom. The average molecular weight is 373 g/mol. The fraction of sp³-hybridized carbons (Fsp3) is 0.111. The molecule has 0 saturated heterocycles. The second-order valence-corrected chi connectivity index (χ2v) is 7.16. The van der Waals surface area contributed by atoms with Gasteiger partial charge in [-0.1, -0.05) is 36.0 Å². The number of ether oxygens (including phenoxy) is 1. The van der Waals surface area contributed by atoms with Crippen LogP contribution >= 0.6 is 35.6 Å². The molecule has 0 amide bonds. The molecule has 0 atom stereocenters. The minimum atomic E-state index is 0.554. The number of aromatic amines is 1. The first-order chi connectivity index (χ1) is 11.6. The van der Waals surface area contributed by atoms with Gasteiger partial charge in [-0.3, -0.25) is 0 Å². The lowest BCUT2D eigenvalue weighted by atomic mass is 10.0. The molecule has 3 aromatic rings. The Hall–Kier alpha value is -1.82. The quantitative estimate of drug-likeness (QED) is 0.352. The maximum Gasteiger partial charge on any atom is 0.205 e. The van der Waals surface area contributed by atoms with Crippen LogP contribution in [-0.4, -0.2) is 16.2 Å². The molecule has 24 heavy (non-hydrogen) atoms. The van der Waals surface area contributed by atoms with Gasteiger partial charge in [0.2, 0.25) is 5.88 Å². The molecule has 3 nitrogen and oxygen atoms in total. The van der Waals surface area contributed by atoms with Crippen molar-refractivity contribution < 1.29 is 4.74 Å². The van der Waals surface area contributed by atoms with Gasteiger partial charge >= 0.3 is 0 Å². The van der Waals surface area contributed by atoms with E-state index in [0.29, 0.717) is 27.8 Å². The Morgan fingerprint density at radius 3 is 2.75 bits per heavy atom. The molecule has 0 spiro atoms. The Balaban J connectivity index is 1.77. The summed E-state index contributed by atoms with van der Waals surface area (Å²) in [7, 11) is 0. The Kier molecular flexibility index (Phi) is 4.08. The van der Waals surface area contributed by atoms with Crippen LogP contribution in [0, 0.1) is 4.64 Å². The first kappa shape index (κ1) is 15.7. The number of aromatic nitrogens is 2. The Bertz CT molecular complexity index is 983. The van der Waals surface area contributed by atoms with Crippen molar-refractivity contribution >= 4 is 35.6 Å². The molecule has 0 radical (unpaired) electrons. The molecule has 1 N–H and O–H groups in total. The van der Waals surface area contributed by atoms with Crippen molar-refractivity contribution in [3.05, 3.63) is 63.3 Å². The monoisotopic (exact) mass is 372 g/mol. The van der Waals surface area contributed by atoms with Crippen molar-refractivity contribution in [2.45, 2.75) is 11.3 Å². The second-order valence-electron chi connectivity index (χ2n) is 5.46. The van der Waals surface area contributed by atoms with Crippen molar-refractivity contribution in [1.29, 1.82) is 0 Å². The summed E-state index contributed by atoms with van der Waals surface area (Å²) in [5, 5.41) is 0.689. The molecule has 0 saturated carbocycles. The number of halogens is 1.